The fourth-order valence-corrected chi connectivity index (χ4v) is 1.91. The maximum Gasteiger partial charge on any atom is 0.249 e. The van der Waals surface area contributed by atoms with Crippen LogP contribution in [0, 0.1) is 0 Å². The Labute approximate surface area is 78.0 Å². The Morgan fingerprint density at radius 1 is 1.54 bits per heavy atom. The third-order valence-electron chi connectivity index (χ3n) is 2.66. The van der Waals surface area contributed by atoms with E-state index in [0.29, 0.717) is 19.2 Å². The lowest BCUT2D eigenvalue weighted by molar-refractivity contribution is -0.149. The standard InChI is InChI=1S/C9H16N2O2/c10-4-3-8-5-13-6-9(12)11(8)7-1-2-7/h7-8H,1-6,10H2. The van der Waals surface area contributed by atoms with Gasteiger partial charge in [0.1, 0.15) is 6.61 Å². The van der Waals surface area contributed by atoms with Crippen molar-refractivity contribution in [1.82, 2.24) is 4.90 Å². The molecule has 1 aliphatic carbocycles. The molecule has 2 rings (SSSR count). The number of hydrogen-bond donors (Lipinski definition) is 1. The van der Waals surface area contributed by atoms with Gasteiger partial charge in [0.25, 0.3) is 0 Å². The zero-order valence-corrected chi connectivity index (χ0v) is 7.74. The molecule has 4 nitrogen and oxygen atoms in total. The van der Waals surface area contributed by atoms with Crippen LogP contribution in [-0.4, -0.2) is 42.6 Å². The predicted octanol–water partition coefficient (Wildman–Crippen LogP) is -0.275. The molecule has 0 spiro atoms. The minimum absolute atomic E-state index is 0.146. The van der Waals surface area contributed by atoms with E-state index in [1.165, 1.54) is 0 Å². The lowest BCUT2D eigenvalue weighted by atomic mass is 10.1. The van der Waals surface area contributed by atoms with Crippen LogP contribution in [0.1, 0.15) is 19.3 Å². The summed E-state index contributed by atoms with van der Waals surface area (Å²) in [6.45, 7) is 1.56. The van der Waals surface area contributed by atoms with E-state index in [4.69, 9.17) is 10.5 Å². The van der Waals surface area contributed by atoms with Crippen molar-refractivity contribution in [2.45, 2.75) is 31.3 Å². The van der Waals surface area contributed by atoms with Gasteiger partial charge in [-0.25, -0.2) is 0 Å². The Balaban J connectivity index is 2.00. The van der Waals surface area contributed by atoms with Gasteiger partial charge in [0.15, 0.2) is 0 Å². The van der Waals surface area contributed by atoms with E-state index in [9.17, 15) is 4.79 Å². The van der Waals surface area contributed by atoms with Crippen LogP contribution in [0.25, 0.3) is 0 Å². The first kappa shape index (κ1) is 8.97. The minimum Gasteiger partial charge on any atom is -0.369 e. The Bertz CT molecular complexity index is 202. The largest absolute Gasteiger partial charge is 0.369 e. The number of ether oxygens (including phenoxy) is 1. The molecule has 2 fully saturated rings. The summed E-state index contributed by atoms with van der Waals surface area (Å²) in [6.07, 6.45) is 3.18. The summed E-state index contributed by atoms with van der Waals surface area (Å²) in [4.78, 5) is 13.5. The quantitative estimate of drug-likeness (QED) is 0.656. The average Bonchev–Trinajstić information content (AvgIpc) is 2.88. The van der Waals surface area contributed by atoms with Crippen molar-refractivity contribution in [2.75, 3.05) is 19.8 Å². The number of amides is 1. The van der Waals surface area contributed by atoms with Crippen LogP contribution < -0.4 is 5.73 Å². The van der Waals surface area contributed by atoms with Crippen molar-refractivity contribution in [3.05, 3.63) is 0 Å². The molecule has 0 bridgehead atoms. The number of hydrogen-bond acceptors (Lipinski definition) is 3. The highest BCUT2D eigenvalue weighted by molar-refractivity contribution is 5.79. The van der Waals surface area contributed by atoms with Crippen LogP contribution in [0.15, 0.2) is 0 Å². The van der Waals surface area contributed by atoms with Crippen LogP contribution in [-0.2, 0) is 9.53 Å². The zero-order chi connectivity index (χ0) is 9.26. The van der Waals surface area contributed by atoms with Crippen molar-refractivity contribution < 1.29 is 9.53 Å². The van der Waals surface area contributed by atoms with Crippen LogP contribution >= 0.6 is 0 Å². The van der Waals surface area contributed by atoms with Gasteiger partial charge in [-0.1, -0.05) is 0 Å². The zero-order valence-electron chi connectivity index (χ0n) is 7.74. The monoisotopic (exact) mass is 184 g/mol. The number of rotatable bonds is 3. The van der Waals surface area contributed by atoms with Gasteiger partial charge >= 0.3 is 0 Å². The maximum absolute atomic E-state index is 11.5. The second-order valence-corrected chi connectivity index (χ2v) is 3.78. The first-order chi connectivity index (χ1) is 6.33. The van der Waals surface area contributed by atoms with Gasteiger partial charge in [-0.15, -0.1) is 0 Å². The molecule has 0 radical (unpaired) electrons. The van der Waals surface area contributed by atoms with Gasteiger partial charge in [-0.3, -0.25) is 4.79 Å². The number of morpholine rings is 1. The summed E-state index contributed by atoms with van der Waals surface area (Å²) in [7, 11) is 0. The van der Waals surface area contributed by atoms with Crippen molar-refractivity contribution in [3.8, 4) is 0 Å². The second kappa shape index (κ2) is 3.64. The lowest BCUT2D eigenvalue weighted by Crippen LogP contribution is -2.51. The molecular weight excluding hydrogens is 168 g/mol. The molecule has 0 aromatic carbocycles. The molecule has 1 amide bonds. The van der Waals surface area contributed by atoms with Gasteiger partial charge in [-0.05, 0) is 25.8 Å². The molecule has 1 unspecified atom stereocenters. The molecule has 2 aliphatic rings. The van der Waals surface area contributed by atoms with E-state index in [1.54, 1.807) is 0 Å². The molecule has 1 heterocycles. The topological polar surface area (TPSA) is 55.6 Å². The molecular formula is C9H16N2O2. The number of carbonyl (C=O) groups excluding carboxylic acids is 1. The van der Waals surface area contributed by atoms with Gasteiger partial charge in [0.2, 0.25) is 5.91 Å². The highest BCUT2D eigenvalue weighted by Gasteiger charge is 2.39. The van der Waals surface area contributed by atoms with Crippen LogP contribution in [0.4, 0.5) is 0 Å². The Hall–Kier alpha value is -0.610. The van der Waals surface area contributed by atoms with E-state index in [2.05, 4.69) is 0 Å². The fraction of sp³-hybridized carbons (Fsp3) is 0.889. The fourth-order valence-electron chi connectivity index (χ4n) is 1.91. The summed E-state index contributed by atoms with van der Waals surface area (Å²) < 4.78 is 5.21. The molecule has 4 heteroatoms. The molecule has 1 saturated heterocycles. The van der Waals surface area contributed by atoms with Crippen LogP contribution in [0.3, 0.4) is 0 Å². The van der Waals surface area contributed by atoms with E-state index in [-0.39, 0.29) is 18.6 Å². The first-order valence-electron chi connectivity index (χ1n) is 4.92. The molecule has 2 N–H and O–H groups in total. The average molecular weight is 184 g/mol. The number of carbonyl (C=O) groups is 1. The summed E-state index contributed by atoms with van der Waals surface area (Å²) in [5, 5.41) is 0. The molecule has 13 heavy (non-hydrogen) atoms. The van der Waals surface area contributed by atoms with Crippen molar-refractivity contribution in [1.29, 1.82) is 0 Å². The first-order valence-corrected chi connectivity index (χ1v) is 4.92. The summed E-state index contributed by atoms with van der Waals surface area (Å²) in [5.41, 5.74) is 5.49. The molecule has 0 aromatic heterocycles. The van der Waals surface area contributed by atoms with E-state index in [1.807, 2.05) is 4.90 Å². The second-order valence-electron chi connectivity index (χ2n) is 3.78. The highest BCUT2D eigenvalue weighted by atomic mass is 16.5. The third kappa shape index (κ3) is 1.84. The smallest absolute Gasteiger partial charge is 0.249 e. The Morgan fingerprint density at radius 3 is 2.92 bits per heavy atom. The molecule has 1 atom stereocenters. The minimum atomic E-state index is 0.146. The molecule has 1 aliphatic heterocycles. The van der Waals surface area contributed by atoms with Crippen LogP contribution in [0.2, 0.25) is 0 Å². The van der Waals surface area contributed by atoms with Crippen molar-refractivity contribution >= 4 is 5.91 Å². The summed E-state index contributed by atoms with van der Waals surface area (Å²) in [5.74, 6) is 0.146. The number of nitrogens with zero attached hydrogens (tertiary/aromatic N) is 1. The van der Waals surface area contributed by atoms with E-state index >= 15 is 0 Å². The highest BCUT2D eigenvalue weighted by Crippen LogP contribution is 2.30. The summed E-state index contributed by atoms with van der Waals surface area (Å²) in [6, 6.07) is 0.728. The van der Waals surface area contributed by atoms with Gasteiger partial charge in [0, 0.05) is 6.04 Å². The van der Waals surface area contributed by atoms with Crippen molar-refractivity contribution in [2.24, 2.45) is 5.73 Å². The lowest BCUT2D eigenvalue weighted by Gasteiger charge is -2.35. The van der Waals surface area contributed by atoms with E-state index in [0.717, 1.165) is 19.3 Å². The predicted molar refractivity (Wildman–Crippen MR) is 48.1 cm³/mol. The van der Waals surface area contributed by atoms with Gasteiger partial charge in [-0.2, -0.15) is 0 Å². The summed E-state index contributed by atoms with van der Waals surface area (Å²) >= 11 is 0. The normalized spacial score (nSPS) is 29.5. The van der Waals surface area contributed by atoms with Gasteiger partial charge in [0.05, 0.1) is 12.6 Å². The maximum atomic E-state index is 11.5. The molecule has 74 valence electrons. The van der Waals surface area contributed by atoms with Crippen molar-refractivity contribution in [3.63, 3.8) is 0 Å². The van der Waals surface area contributed by atoms with Gasteiger partial charge < -0.3 is 15.4 Å². The van der Waals surface area contributed by atoms with E-state index < -0.39 is 0 Å². The Kier molecular flexibility index (Phi) is 2.51. The SMILES string of the molecule is NCCC1COCC(=O)N1C1CC1. The number of nitrogens with two attached hydrogens (primary N) is 1. The molecule has 0 aromatic rings. The molecule has 1 saturated carbocycles. The van der Waals surface area contributed by atoms with Crippen LogP contribution in [0.5, 0.6) is 0 Å². The third-order valence-corrected chi connectivity index (χ3v) is 2.66. The Morgan fingerprint density at radius 2 is 2.31 bits per heavy atom.